The molecule has 0 spiro atoms. The van der Waals surface area contributed by atoms with Crippen molar-refractivity contribution in [2.24, 2.45) is 0 Å². The van der Waals surface area contributed by atoms with Gasteiger partial charge in [0.05, 0.1) is 7.11 Å². The molecule has 2 aromatic rings. The molecule has 0 aliphatic carbocycles. The smallest absolute Gasteiger partial charge is 0.124 e. The van der Waals surface area contributed by atoms with Gasteiger partial charge < -0.3 is 10.1 Å². The van der Waals surface area contributed by atoms with Gasteiger partial charge in [-0.25, -0.2) is 4.39 Å². The molecule has 1 atom stereocenters. The summed E-state index contributed by atoms with van der Waals surface area (Å²) in [7, 11) is 1.62. The van der Waals surface area contributed by atoms with Crippen LogP contribution in [0.4, 0.5) is 10.1 Å². The molecule has 0 aliphatic heterocycles. The third-order valence-electron chi connectivity index (χ3n) is 2.92. The Morgan fingerprint density at radius 1 is 1.25 bits per heavy atom. The molecule has 20 heavy (non-hydrogen) atoms. The highest BCUT2D eigenvalue weighted by atomic mass is 79.9. The molecule has 2 aromatic carbocycles. The maximum atomic E-state index is 13.1. The minimum absolute atomic E-state index is 0.0536. The topological polar surface area (TPSA) is 21.3 Å². The number of hydrogen-bond acceptors (Lipinski definition) is 2. The predicted octanol–water partition coefficient (Wildman–Crippen LogP) is 5.42. The highest BCUT2D eigenvalue weighted by Gasteiger charge is 2.11. The molecule has 106 valence electrons. The second kappa shape index (κ2) is 6.46. The SMILES string of the molecule is COc1cc(Br)cc(NC(C)c2ccc(F)cc2Cl)c1. The third kappa shape index (κ3) is 3.64. The minimum atomic E-state index is -0.338. The fourth-order valence-corrected chi connectivity index (χ4v) is 2.75. The van der Waals surface area contributed by atoms with E-state index in [1.54, 1.807) is 13.2 Å². The van der Waals surface area contributed by atoms with Gasteiger partial charge in [-0.2, -0.15) is 0 Å². The van der Waals surface area contributed by atoms with E-state index in [-0.39, 0.29) is 11.9 Å². The summed E-state index contributed by atoms with van der Waals surface area (Å²) >= 11 is 9.49. The molecule has 0 saturated carbocycles. The van der Waals surface area contributed by atoms with Gasteiger partial charge in [0.15, 0.2) is 0 Å². The summed E-state index contributed by atoms with van der Waals surface area (Å²) in [6.45, 7) is 1.96. The monoisotopic (exact) mass is 357 g/mol. The lowest BCUT2D eigenvalue weighted by atomic mass is 10.1. The fraction of sp³-hybridized carbons (Fsp3) is 0.200. The number of rotatable bonds is 4. The Kier molecular flexibility index (Phi) is 4.89. The van der Waals surface area contributed by atoms with Gasteiger partial charge in [-0.05, 0) is 36.8 Å². The van der Waals surface area contributed by atoms with Gasteiger partial charge >= 0.3 is 0 Å². The summed E-state index contributed by atoms with van der Waals surface area (Å²) in [6.07, 6.45) is 0. The molecule has 0 aromatic heterocycles. The standard InChI is InChI=1S/C15H14BrClFNO/c1-9(14-4-3-11(18)7-15(14)17)19-12-5-10(16)6-13(8-12)20-2/h3-9,19H,1-2H3. The first-order valence-electron chi connectivity index (χ1n) is 6.05. The maximum absolute atomic E-state index is 13.1. The normalized spacial score (nSPS) is 12.1. The van der Waals surface area contributed by atoms with Crippen molar-refractivity contribution in [3.05, 3.63) is 57.3 Å². The van der Waals surface area contributed by atoms with Crippen LogP contribution in [0.2, 0.25) is 5.02 Å². The van der Waals surface area contributed by atoms with Crippen molar-refractivity contribution in [2.75, 3.05) is 12.4 Å². The summed E-state index contributed by atoms with van der Waals surface area (Å²) in [6, 6.07) is 10.1. The van der Waals surface area contributed by atoms with E-state index in [2.05, 4.69) is 21.2 Å². The first-order chi connectivity index (χ1) is 9.49. The van der Waals surface area contributed by atoms with Gasteiger partial charge in [0.1, 0.15) is 11.6 Å². The van der Waals surface area contributed by atoms with Crippen molar-refractivity contribution in [3.63, 3.8) is 0 Å². The van der Waals surface area contributed by atoms with Crippen molar-refractivity contribution >= 4 is 33.2 Å². The van der Waals surface area contributed by atoms with Crippen LogP contribution in [0.15, 0.2) is 40.9 Å². The van der Waals surface area contributed by atoms with Crippen molar-refractivity contribution in [1.29, 1.82) is 0 Å². The molecule has 0 radical (unpaired) electrons. The molecule has 5 heteroatoms. The van der Waals surface area contributed by atoms with E-state index < -0.39 is 0 Å². The summed E-state index contributed by atoms with van der Waals surface area (Å²) in [4.78, 5) is 0. The van der Waals surface area contributed by atoms with Crippen molar-refractivity contribution in [1.82, 2.24) is 0 Å². The molecule has 0 aliphatic rings. The summed E-state index contributed by atoms with van der Waals surface area (Å²) < 4.78 is 19.2. The van der Waals surface area contributed by atoms with Crippen LogP contribution in [0.5, 0.6) is 5.75 Å². The number of nitrogens with one attached hydrogen (secondary N) is 1. The van der Waals surface area contributed by atoms with Gasteiger partial charge in [0.25, 0.3) is 0 Å². The minimum Gasteiger partial charge on any atom is -0.497 e. The molecule has 0 bridgehead atoms. The highest BCUT2D eigenvalue weighted by molar-refractivity contribution is 9.10. The van der Waals surface area contributed by atoms with Gasteiger partial charge in [-0.1, -0.05) is 33.6 Å². The second-order valence-corrected chi connectivity index (χ2v) is 5.73. The van der Waals surface area contributed by atoms with E-state index >= 15 is 0 Å². The number of anilines is 1. The quantitative estimate of drug-likeness (QED) is 0.787. The van der Waals surface area contributed by atoms with Crippen LogP contribution in [0, 0.1) is 5.82 Å². The zero-order chi connectivity index (χ0) is 14.7. The van der Waals surface area contributed by atoms with E-state index in [9.17, 15) is 4.39 Å². The molecule has 2 nitrogen and oxygen atoms in total. The van der Waals surface area contributed by atoms with Crippen LogP contribution in [-0.2, 0) is 0 Å². The van der Waals surface area contributed by atoms with Crippen LogP contribution < -0.4 is 10.1 Å². The van der Waals surface area contributed by atoms with E-state index in [0.717, 1.165) is 21.5 Å². The molecular formula is C15H14BrClFNO. The summed E-state index contributed by atoms with van der Waals surface area (Å²) in [5, 5.41) is 3.73. The highest BCUT2D eigenvalue weighted by Crippen LogP contribution is 2.30. The first kappa shape index (κ1) is 15.1. The largest absolute Gasteiger partial charge is 0.497 e. The van der Waals surface area contributed by atoms with Crippen molar-refractivity contribution < 1.29 is 9.13 Å². The Morgan fingerprint density at radius 3 is 2.65 bits per heavy atom. The Morgan fingerprint density at radius 2 is 2.00 bits per heavy atom. The van der Waals surface area contributed by atoms with Gasteiger partial charge in [0.2, 0.25) is 0 Å². The number of halogens is 3. The molecule has 0 heterocycles. The first-order valence-corrected chi connectivity index (χ1v) is 7.23. The Labute approximate surface area is 131 Å². The fourth-order valence-electron chi connectivity index (χ4n) is 1.94. The van der Waals surface area contributed by atoms with Gasteiger partial charge in [0, 0.05) is 27.3 Å². The Hall–Kier alpha value is -1.26. The number of benzene rings is 2. The Balaban J connectivity index is 2.22. The molecule has 0 amide bonds. The average molecular weight is 359 g/mol. The van der Waals surface area contributed by atoms with Crippen LogP contribution >= 0.6 is 27.5 Å². The van der Waals surface area contributed by atoms with E-state index in [0.29, 0.717) is 5.02 Å². The lowest BCUT2D eigenvalue weighted by Crippen LogP contribution is -2.07. The maximum Gasteiger partial charge on any atom is 0.124 e. The molecule has 0 saturated heterocycles. The van der Waals surface area contributed by atoms with E-state index in [4.69, 9.17) is 16.3 Å². The van der Waals surface area contributed by atoms with E-state index in [1.165, 1.54) is 12.1 Å². The zero-order valence-corrected chi connectivity index (χ0v) is 13.4. The molecular weight excluding hydrogens is 345 g/mol. The summed E-state index contributed by atoms with van der Waals surface area (Å²) in [5.41, 5.74) is 1.73. The van der Waals surface area contributed by atoms with Crippen LogP contribution in [0.3, 0.4) is 0 Å². The van der Waals surface area contributed by atoms with Gasteiger partial charge in [-0.15, -0.1) is 0 Å². The summed E-state index contributed by atoms with van der Waals surface area (Å²) in [5.74, 6) is 0.411. The Bertz CT molecular complexity index is 621. The molecule has 2 rings (SSSR count). The lowest BCUT2D eigenvalue weighted by Gasteiger charge is -2.18. The van der Waals surface area contributed by atoms with Gasteiger partial charge in [-0.3, -0.25) is 0 Å². The van der Waals surface area contributed by atoms with Crippen LogP contribution in [0.1, 0.15) is 18.5 Å². The zero-order valence-electron chi connectivity index (χ0n) is 11.1. The van der Waals surface area contributed by atoms with Crippen LogP contribution in [0.25, 0.3) is 0 Å². The molecule has 1 unspecified atom stereocenters. The third-order valence-corrected chi connectivity index (χ3v) is 3.70. The van der Waals surface area contributed by atoms with Crippen molar-refractivity contribution in [3.8, 4) is 5.75 Å². The number of ether oxygens (including phenoxy) is 1. The molecule has 0 fully saturated rings. The lowest BCUT2D eigenvalue weighted by molar-refractivity contribution is 0.414. The van der Waals surface area contributed by atoms with E-state index in [1.807, 2.05) is 25.1 Å². The predicted molar refractivity (Wildman–Crippen MR) is 84.1 cm³/mol. The second-order valence-electron chi connectivity index (χ2n) is 4.41. The molecule has 1 N–H and O–H groups in total. The van der Waals surface area contributed by atoms with Crippen LogP contribution in [-0.4, -0.2) is 7.11 Å². The number of hydrogen-bond donors (Lipinski definition) is 1. The average Bonchev–Trinajstić information content (AvgIpc) is 2.37. The number of methoxy groups -OCH3 is 1. The van der Waals surface area contributed by atoms with Crippen molar-refractivity contribution in [2.45, 2.75) is 13.0 Å².